The third-order valence-electron chi connectivity index (χ3n) is 8.34. The third-order valence-corrected chi connectivity index (χ3v) is 8.34. The van der Waals surface area contributed by atoms with Gasteiger partial charge in [0, 0.05) is 47.3 Å². The monoisotopic (exact) mass is 514 g/mol. The van der Waals surface area contributed by atoms with Crippen LogP contribution in [0.3, 0.4) is 0 Å². The fourth-order valence-corrected chi connectivity index (χ4v) is 6.65. The van der Waals surface area contributed by atoms with E-state index >= 15 is 0 Å². The van der Waals surface area contributed by atoms with E-state index in [0.717, 1.165) is 0 Å². The zero-order valence-electron chi connectivity index (χ0n) is 22.3. The van der Waals surface area contributed by atoms with Crippen LogP contribution < -0.4 is 13.5 Å². The molecular weight excluding hydrogens is 486 g/mol. The summed E-state index contributed by atoms with van der Waals surface area (Å²) in [5, 5.41) is 2.53. The van der Waals surface area contributed by atoms with Gasteiger partial charge in [0.1, 0.15) is 12.6 Å². The summed E-state index contributed by atoms with van der Waals surface area (Å²) in [6.07, 6.45) is 6.60. The van der Waals surface area contributed by atoms with Crippen LogP contribution in [0.25, 0.3) is 50.1 Å². The fraction of sp³-hybridized carbons (Fsp3) is 0.0541. The molecule has 3 nitrogen and oxygen atoms in total. The molecule has 1 aliphatic rings. The number of benzene rings is 3. The molecule has 7 aromatic rings. The van der Waals surface area contributed by atoms with E-state index in [1.807, 2.05) is 0 Å². The lowest BCUT2D eigenvalue weighted by atomic mass is 9.87. The van der Waals surface area contributed by atoms with Crippen molar-refractivity contribution in [3.05, 3.63) is 157 Å². The molecule has 3 aromatic carbocycles. The van der Waals surface area contributed by atoms with Crippen molar-refractivity contribution in [2.45, 2.75) is 6.04 Å². The second-order valence-corrected chi connectivity index (χ2v) is 10.5. The largest absolute Gasteiger partial charge is 0.230 e. The minimum Gasteiger partial charge on any atom is -0.201 e. The molecule has 0 bridgehead atoms. The average molecular weight is 515 g/mol. The van der Waals surface area contributed by atoms with Gasteiger partial charge in [0.15, 0.2) is 18.6 Å². The van der Waals surface area contributed by atoms with E-state index in [-0.39, 0.29) is 6.04 Å². The lowest BCUT2D eigenvalue weighted by molar-refractivity contribution is -0.694. The first kappa shape index (κ1) is 22.8. The molecule has 5 heterocycles. The van der Waals surface area contributed by atoms with Crippen molar-refractivity contribution in [1.82, 2.24) is 0 Å². The van der Waals surface area contributed by atoms with Crippen molar-refractivity contribution in [2.75, 3.05) is 0 Å². The molecule has 0 fully saturated rings. The SMILES string of the molecule is C[n+]1ccccc1-c1ccccc1C1c2c([n+]3ccccc3c3ccccc23)-c2ccccc2-c2cccc[n+]21. The van der Waals surface area contributed by atoms with E-state index in [9.17, 15) is 0 Å². The molecule has 1 unspecified atom stereocenters. The second kappa shape index (κ2) is 8.96. The van der Waals surface area contributed by atoms with Gasteiger partial charge in [0.2, 0.25) is 28.6 Å². The smallest absolute Gasteiger partial charge is 0.201 e. The van der Waals surface area contributed by atoms with Gasteiger partial charge in [0.25, 0.3) is 0 Å². The molecular formula is C37H28N3+3. The third kappa shape index (κ3) is 3.28. The lowest BCUT2D eigenvalue weighted by Gasteiger charge is -2.19. The number of fused-ring (bicyclic) bond motifs is 10. The number of aryl methyl sites for hydroxylation is 1. The zero-order chi connectivity index (χ0) is 26.6. The number of nitrogens with zero attached hydrogens (tertiary/aromatic N) is 3. The van der Waals surface area contributed by atoms with Crippen LogP contribution in [-0.4, -0.2) is 0 Å². The highest BCUT2D eigenvalue weighted by molar-refractivity contribution is 6.00. The number of pyridine rings is 4. The minimum atomic E-state index is -0.0583. The molecule has 4 aromatic heterocycles. The van der Waals surface area contributed by atoms with Crippen LogP contribution in [0.15, 0.2) is 146 Å². The molecule has 0 N–H and O–H groups in total. The second-order valence-electron chi connectivity index (χ2n) is 10.5. The fourth-order valence-electron chi connectivity index (χ4n) is 6.65. The van der Waals surface area contributed by atoms with Gasteiger partial charge in [0.05, 0.1) is 22.1 Å². The average Bonchev–Trinajstić information content (AvgIpc) is 3.15. The van der Waals surface area contributed by atoms with Crippen molar-refractivity contribution in [3.8, 4) is 33.8 Å². The molecule has 0 saturated carbocycles. The van der Waals surface area contributed by atoms with Crippen molar-refractivity contribution >= 4 is 16.3 Å². The molecule has 40 heavy (non-hydrogen) atoms. The molecule has 188 valence electrons. The Balaban J connectivity index is 1.62. The summed E-state index contributed by atoms with van der Waals surface area (Å²) in [5.74, 6) is 0. The molecule has 0 aliphatic carbocycles. The zero-order valence-corrected chi connectivity index (χ0v) is 22.3. The summed E-state index contributed by atoms with van der Waals surface area (Å²) in [5.41, 5.74) is 11.2. The standard InChI is InChI=1S/C37H28N3/c1-38-23-11-8-20-32(38)27-15-3-6-18-30(27)36-35-29-17-5-2-14-26(29)33-21-9-12-24-39(33)37(35)31-19-7-4-16-28(31)34-22-10-13-25-40(34)36/h2-25,36H,1H3/q+3. The summed E-state index contributed by atoms with van der Waals surface area (Å²) in [7, 11) is 2.13. The van der Waals surface area contributed by atoms with Gasteiger partial charge in [-0.25, -0.2) is 4.57 Å². The van der Waals surface area contributed by atoms with Gasteiger partial charge in [-0.15, -0.1) is 0 Å². The summed E-state index contributed by atoms with van der Waals surface area (Å²) >= 11 is 0. The predicted molar refractivity (Wildman–Crippen MR) is 158 cm³/mol. The number of rotatable bonds is 2. The molecule has 3 heteroatoms. The van der Waals surface area contributed by atoms with Crippen molar-refractivity contribution < 1.29 is 13.5 Å². The van der Waals surface area contributed by atoms with E-state index in [2.05, 4.69) is 167 Å². The Labute approximate surface area is 233 Å². The maximum atomic E-state index is 2.48. The van der Waals surface area contributed by atoms with Crippen LogP contribution in [0.1, 0.15) is 17.2 Å². The normalized spacial score (nSPS) is 13.9. The highest BCUT2D eigenvalue weighted by Crippen LogP contribution is 2.44. The number of aromatic nitrogens is 3. The molecule has 0 radical (unpaired) electrons. The van der Waals surface area contributed by atoms with E-state index in [1.54, 1.807) is 0 Å². The molecule has 1 atom stereocenters. The Hall–Kier alpha value is -5.15. The Morgan fingerprint density at radius 2 is 1.12 bits per heavy atom. The topological polar surface area (TPSA) is 11.9 Å². The van der Waals surface area contributed by atoms with Gasteiger partial charge in [-0.05, 0) is 42.5 Å². The summed E-state index contributed by atoms with van der Waals surface area (Å²) in [4.78, 5) is 0. The molecule has 8 rings (SSSR count). The lowest BCUT2D eigenvalue weighted by Crippen LogP contribution is -2.43. The Kier molecular flexibility index (Phi) is 5.11. The summed E-state index contributed by atoms with van der Waals surface area (Å²) in [6, 6.07) is 46.1. The Bertz CT molecular complexity index is 2090. The van der Waals surface area contributed by atoms with Gasteiger partial charge < -0.3 is 0 Å². The predicted octanol–water partition coefficient (Wildman–Crippen LogP) is 6.64. The molecule has 0 spiro atoms. The number of hydrogen-bond acceptors (Lipinski definition) is 0. The maximum absolute atomic E-state index is 2.48. The number of hydrogen-bond donors (Lipinski definition) is 0. The van der Waals surface area contributed by atoms with Crippen molar-refractivity contribution in [1.29, 1.82) is 0 Å². The maximum Gasteiger partial charge on any atom is 0.230 e. The summed E-state index contributed by atoms with van der Waals surface area (Å²) in [6.45, 7) is 0. The van der Waals surface area contributed by atoms with Crippen LogP contribution >= 0.6 is 0 Å². The van der Waals surface area contributed by atoms with Crippen molar-refractivity contribution in [2.24, 2.45) is 7.05 Å². The van der Waals surface area contributed by atoms with Crippen molar-refractivity contribution in [3.63, 3.8) is 0 Å². The van der Waals surface area contributed by atoms with E-state index < -0.39 is 0 Å². The first-order valence-corrected chi connectivity index (χ1v) is 13.8. The Morgan fingerprint density at radius 1 is 0.500 bits per heavy atom. The highest BCUT2D eigenvalue weighted by Gasteiger charge is 2.42. The quantitative estimate of drug-likeness (QED) is 0.181. The van der Waals surface area contributed by atoms with Crippen LogP contribution in [-0.2, 0) is 7.05 Å². The van der Waals surface area contributed by atoms with Crippen LogP contribution in [0.5, 0.6) is 0 Å². The highest BCUT2D eigenvalue weighted by atomic mass is 15.0. The first-order valence-electron chi connectivity index (χ1n) is 13.8. The molecule has 0 saturated heterocycles. The van der Waals surface area contributed by atoms with Crippen LogP contribution in [0.4, 0.5) is 0 Å². The van der Waals surface area contributed by atoms with Crippen LogP contribution in [0, 0.1) is 0 Å². The van der Waals surface area contributed by atoms with E-state index in [1.165, 1.54) is 61.2 Å². The van der Waals surface area contributed by atoms with Gasteiger partial charge in [-0.1, -0.05) is 48.5 Å². The van der Waals surface area contributed by atoms with E-state index in [0.29, 0.717) is 0 Å². The van der Waals surface area contributed by atoms with Gasteiger partial charge in [-0.2, -0.15) is 8.97 Å². The van der Waals surface area contributed by atoms with Gasteiger partial charge >= 0.3 is 0 Å². The summed E-state index contributed by atoms with van der Waals surface area (Å²) < 4.78 is 7.10. The minimum absolute atomic E-state index is 0.0583. The van der Waals surface area contributed by atoms with Gasteiger partial charge in [-0.3, -0.25) is 0 Å². The first-order chi connectivity index (χ1) is 19.8. The van der Waals surface area contributed by atoms with Crippen LogP contribution in [0.2, 0.25) is 0 Å². The Morgan fingerprint density at radius 3 is 1.98 bits per heavy atom. The molecule has 1 aliphatic heterocycles. The van der Waals surface area contributed by atoms with E-state index in [4.69, 9.17) is 0 Å². The molecule has 0 amide bonds.